The lowest BCUT2D eigenvalue weighted by Gasteiger charge is -1.89. The van der Waals surface area contributed by atoms with Gasteiger partial charge in [-0.25, -0.2) is 4.98 Å². The van der Waals surface area contributed by atoms with Gasteiger partial charge >= 0.3 is 5.97 Å². The van der Waals surface area contributed by atoms with E-state index in [0.29, 0.717) is 28.0 Å². The van der Waals surface area contributed by atoms with Crippen molar-refractivity contribution in [1.29, 1.82) is 0 Å². The Morgan fingerprint density at radius 3 is 2.94 bits per heavy atom. The van der Waals surface area contributed by atoms with E-state index in [0.717, 1.165) is 0 Å². The van der Waals surface area contributed by atoms with Crippen LogP contribution in [0.3, 0.4) is 0 Å². The molecule has 0 aromatic carbocycles. The summed E-state index contributed by atoms with van der Waals surface area (Å²) in [5.41, 5.74) is 0. The summed E-state index contributed by atoms with van der Waals surface area (Å²) in [5.74, 6) is -0.238. The number of H-pyrrole nitrogens is 1. The number of aliphatic carboxylic acids is 1. The second kappa shape index (κ2) is 5.51. The van der Waals surface area contributed by atoms with Gasteiger partial charge in [0.15, 0.2) is 0 Å². The third kappa shape index (κ3) is 3.55. The molecule has 0 atom stereocenters. The van der Waals surface area contributed by atoms with Gasteiger partial charge in [-0.3, -0.25) is 4.79 Å². The monoisotopic (exact) mass is 240 g/mol. The van der Waals surface area contributed by atoms with Crippen molar-refractivity contribution in [2.75, 3.05) is 0 Å². The zero-order chi connectivity index (χ0) is 12.1. The fraction of sp³-hybridized carbons (Fsp3) is 0.273. The van der Waals surface area contributed by atoms with Crippen molar-refractivity contribution in [3.63, 3.8) is 0 Å². The largest absolute Gasteiger partial charge is 0.481 e. The Kier molecular flexibility index (Phi) is 4.31. The van der Waals surface area contributed by atoms with Gasteiger partial charge in [-0.15, -0.1) is 0 Å². The molecular formula is C11H13ClN2O2. The second-order valence-corrected chi connectivity index (χ2v) is 3.70. The number of hydrogen-bond donors (Lipinski definition) is 2. The van der Waals surface area contributed by atoms with E-state index < -0.39 is 5.97 Å². The molecule has 86 valence electrons. The molecule has 2 N–H and O–H groups in total. The molecule has 0 aliphatic rings. The van der Waals surface area contributed by atoms with Crippen molar-refractivity contribution in [3.8, 4) is 0 Å². The van der Waals surface area contributed by atoms with Crippen LogP contribution in [0.1, 0.15) is 19.2 Å². The minimum Gasteiger partial charge on any atom is -0.481 e. The smallest absolute Gasteiger partial charge is 0.303 e. The number of nitrogens with zero attached hydrogens (tertiary/aromatic N) is 1. The van der Waals surface area contributed by atoms with Crippen LogP contribution in [0.4, 0.5) is 0 Å². The fourth-order valence-electron chi connectivity index (χ4n) is 1.16. The first-order chi connectivity index (χ1) is 7.52. The van der Waals surface area contributed by atoms with Crippen molar-refractivity contribution in [2.45, 2.75) is 19.8 Å². The molecule has 0 fully saturated rings. The van der Waals surface area contributed by atoms with E-state index in [-0.39, 0.29) is 6.42 Å². The Morgan fingerprint density at radius 1 is 1.69 bits per heavy atom. The van der Waals surface area contributed by atoms with Crippen molar-refractivity contribution in [3.05, 3.63) is 27.6 Å². The summed E-state index contributed by atoms with van der Waals surface area (Å²) in [4.78, 5) is 17.5. The standard InChI is InChI=1S/C11H13ClN2O2/c1-3-8(12)6-9-7(2)13-10(14-9)4-5-11(15)16/h3,6H,2,4-5H2,1H3,(H,13,14)(H,15,16)/b8-3+,9-6?. The zero-order valence-electron chi connectivity index (χ0n) is 8.96. The Hall–Kier alpha value is -1.55. The molecule has 0 bridgehead atoms. The summed E-state index contributed by atoms with van der Waals surface area (Å²) >= 11 is 5.84. The minimum absolute atomic E-state index is 0.0454. The highest BCUT2D eigenvalue weighted by Crippen LogP contribution is 2.00. The highest BCUT2D eigenvalue weighted by Gasteiger charge is 2.02. The van der Waals surface area contributed by atoms with Crippen LogP contribution in [0, 0.1) is 0 Å². The predicted octanol–water partition coefficient (Wildman–Crippen LogP) is 0.760. The number of aromatic nitrogens is 2. The molecule has 0 saturated heterocycles. The number of aromatic amines is 1. The molecule has 1 heterocycles. The summed E-state index contributed by atoms with van der Waals surface area (Å²) < 4.78 is 0. The third-order valence-electron chi connectivity index (χ3n) is 1.99. The lowest BCUT2D eigenvalue weighted by Crippen LogP contribution is -2.22. The first-order valence-electron chi connectivity index (χ1n) is 4.82. The number of aryl methyl sites for hydroxylation is 1. The third-order valence-corrected chi connectivity index (χ3v) is 2.31. The molecule has 0 saturated carbocycles. The number of hydrogen-bond acceptors (Lipinski definition) is 2. The van der Waals surface area contributed by atoms with Crippen LogP contribution in [0.15, 0.2) is 11.1 Å². The number of carboxylic acid groups (broad SMARTS) is 1. The van der Waals surface area contributed by atoms with Crippen LogP contribution in [-0.4, -0.2) is 21.0 Å². The molecule has 16 heavy (non-hydrogen) atoms. The Balaban J connectivity index is 2.95. The van der Waals surface area contributed by atoms with E-state index in [1.165, 1.54) is 0 Å². The topological polar surface area (TPSA) is 66.0 Å². The molecule has 5 heteroatoms. The molecule has 4 nitrogen and oxygen atoms in total. The summed E-state index contributed by atoms with van der Waals surface area (Å²) in [6, 6.07) is 0. The van der Waals surface area contributed by atoms with Crippen LogP contribution < -0.4 is 10.7 Å². The molecule has 0 aliphatic heterocycles. The van der Waals surface area contributed by atoms with Gasteiger partial charge in [-0.1, -0.05) is 24.3 Å². The van der Waals surface area contributed by atoms with Crippen LogP contribution in [-0.2, 0) is 11.2 Å². The number of halogens is 1. The molecule has 1 aromatic heterocycles. The quantitative estimate of drug-likeness (QED) is 0.817. The normalized spacial score (nSPS) is 13.1. The Labute approximate surface area is 98.0 Å². The second-order valence-electron chi connectivity index (χ2n) is 3.26. The summed E-state index contributed by atoms with van der Waals surface area (Å²) in [7, 11) is 0. The molecule has 1 rings (SSSR count). The van der Waals surface area contributed by atoms with E-state index in [4.69, 9.17) is 16.7 Å². The van der Waals surface area contributed by atoms with Gasteiger partial charge in [0.25, 0.3) is 0 Å². The summed E-state index contributed by atoms with van der Waals surface area (Å²) in [6.45, 7) is 5.59. The summed E-state index contributed by atoms with van der Waals surface area (Å²) in [6.07, 6.45) is 3.83. The van der Waals surface area contributed by atoms with Crippen molar-refractivity contribution in [1.82, 2.24) is 9.97 Å². The predicted molar refractivity (Wildman–Crippen MR) is 63.4 cm³/mol. The lowest BCUT2D eigenvalue weighted by molar-refractivity contribution is -0.137. The van der Waals surface area contributed by atoms with Crippen molar-refractivity contribution >= 4 is 30.2 Å². The number of allylic oxidation sites excluding steroid dienone is 2. The molecule has 0 amide bonds. The molecule has 0 spiro atoms. The van der Waals surface area contributed by atoms with Gasteiger partial charge in [0.05, 0.1) is 17.1 Å². The minimum atomic E-state index is -0.848. The van der Waals surface area contributed by atoms with Crippen molar-refractivity contribution in [2.24, 2.45) is 0 Å². The van der Waals surface area contributed by atoms with E-state index in [9.17, 15) is 4.79 Å². The molecular weight excluding hydrogens is 228 g/mol. The van der Waals surface area contributed by atoms with E-state index in [1.807, 2.05) is 6.92 Å². The lowest BCUT2D eigenvalue weighted by atomic mass is 10.3. The van der Waals surface area contributed by atoms with Gasteiger partial charge in [0, 0.05) is 11.5 Å². The molecule has 0 unspecified atom stereocenters. The number of carboxylic acids is 1. The van der Waals surface area contributed by atoms with Gasteiger partial charge in [-0.05, 0) is 13.0 Å². The van der Waals surface area contributed by atoms with E-state index in [1.54, 1.807) is 12.2 Å². The Bertz CT molecular complexity index is 517. The first-order valence-corrected chi connectivity index (χ1v) is 5.20. The summed E-state index contributed by atoms with van der Waals surface area (Å²) in [5, 5.41) is 10.4. The van der Waals surface area contributed by atoms with Crippen LogP contribution in [0.5, 0.6) is 0 Å². The molecule has 0 radical (unpaired) electrons. The fourth-order valence-corrected chi connectivity index (χ4v) is 1.26. The van der Waals surface area contributed by atoms with Crippen LogP contribution in [0.2, 0.25) is 0 Å². The molecule has 0 aliphatic carbocycles. The van der Waals surface area contributed by atoms with Gasteiger partial charge in [0.2, 0.25) is 0 Å². The number of carbonyl (C=O) groups is 1. The van der Waals surface area contributed by atoms with Gasteiger partial charge in [0.1, 0.15) is 5.82 Å². The van der Waals surface area contributed by atoms with E-state index in [2.05, 4.69) is 16.5 Å². The maximum Gasteiger partial charge on any atom is 0.303 e. The average Bonchev–Trinajstić information content (AvgIpc) is 2.56. The van der Waals surface area contributed by atoms with Crippen molar-refractivity contribution < 1.29 is 9.90 Å². The molecule has 1 aromatic rings. The number of imidazole rings is 1. The van der Waals surface area contributed by atoms with Gasteiger partial charge in [-0.2, -0.15) is 0 Å². The first kappa shape index (κ1) is 12.5. The average molecular weight is 241 g/mol. The number of rotatable bonds is 4. The zero-order valence-corrected chi connectivity index (χ0v) is 9.71. The SMILES string of the molecule is C=c1[nH]c(CCC(=O)O)nc1=C/C(Cl)=C\C. The highest BCUT2D eigenvalue weighted by atomic mass is 35.5. The van der Waals surface area contributed by atoms with Crippen LogP contribution >= 0.6 is 11.6 Å². The van der Waals surface area contributed by atoms with Crippen LogP contribution in [0.25, 0.3) is 12.7 Å². The maximum absolute atomic E-state index is 10.4. The maximum atomic E-state index is 10.4. The highest BCUT2D eigenvalue weighted by molar-refractivity contribution is 6.33. The van der Waals surface area contributed by atoms with E-state index >= 15 is 0 Å². The van der Waals surface area contributed by atoms with Gasteiger partial charge < -0.3 is 10.1 Å². The Morgan fingerprint density at radius 2 is 2.38 bits per heavy atom. The number of nitrogens with one attached hydrogen (secondary N) is 1.